The number of ketones is 2. The third kappa shape index (κ3) is 4.72. The molecular formula is C30H24N8O2. The Morgan fingerprint density at radius 2 is 0.925 bits per heavy atom. The maximum absolute atomic E-state index is 11.8. The molecular weight excluding hydrogens is 504 g/mol. The van der Waals surface area contributed by atoms with E-state index in [9.17, 15) is 9.59 Å². The van der Waals surface area contributed by atoms with Crippen molar-refractivity contribution in [3.05, 3.63) is 108 Å². The number of Topliss-reactive ketones (excluding diaryl/α,β-unsaturated/α-hetero) is 2. The van der Waals surface area contributed by atoms with Gasteiger partial charge in [-0.25, -0.2) is 4.98 Å². The molecule has 0 saturated heterocycles. The number of aromatic nitrogens is 3. The Kier molecular flexibility index (Phi) is 6.97. The summed E-state index contributed by atoms with van der Waals surface area (Å²) in [5.74, 6) is 3.80. The number of benzene rings is 5. The Morgan fingerprint density at radius 3 is 1.38 bits per heavy atom. The molecule has 10 nitrogen and oxygen atoms in total. The Hall–Kier alpha value is -5.90. The van der Waals surface area contributed by atoms with E-state index in [0.717, 1.165) is 43.7 Å². The number of hydrogen-bond donors (Lipinski definition) is 4. The summed E-state index contributed by atoms with van der Waals surface area (Å²) in [5, 5.41) is 15.4. The fourth-order valence-corrected chi connectivity index (χ4v) is 4.63. The van der Waals surface area contributed by atoms with Crippen LogP contribution in [0.25, 0.3) is 43.7 Å². The highest BCUT2D eigenvalue weighted by atomic mass is 16.2. The number of nitrogens with two attached hydrogens (primary N) is 4. The number of fused-ring (bicyclic) bond motifs is 9. The first-order valence-electron chi connectivity index (χ1n) is 12.2. The number of hydrazone groups is 1. The van der Waals surface area contributed by atoms with Crippen LogP contribution in [0.1, 0.15) is 20.7 Å². The molecule has 1 heterocycles. The molecule has 0 saturated carbocycles. The maximum atomic E-state index is 11.8. The molecule has 0 unspecified atom stereocenters. The average molecular weight is 529 g/mol. The zero-order valence-electron chi connectivity index (χ0n) is 21.2. The van der Waals surface area contributed by atoms with Crippen molar-refractivity contribution < 1.29 is 9.59 Å². The van der Waals surface area contributed by atoms with E-state index in [2.05, 4.69) is 38.3 Å². The standard InChI is InChI=1S/C15H10N4.C14H8O2.CH6N4/c16-15-17-13-11-7-3-1-5-9(11)10-6-2-4-8-12(10)14(13)18-19-15;15-13-11-7-3-1-5-9(11)10-6-2-4-8-12(10)14(13)16;2-1(3)5-4/h1-8H,(H2,16,17,19);1-8H;4H2,(H4,2,3,5). The summed E-state index contributed by atoms with van der Waals surface area (Å²) in [7, 11) is 0. The monoisotopic (exact) mass is 528 g/mol. The zero-order chi connectivity index (χ0) is 28.2. The van der Waals surface area contributed by atoms with Gasteiger partial charge in [0, 0.05) is 21.9 Å². The number of anilines is 1. The van der Waals surface area contributed by atoms with Crippen LogP contribution in [0.15, 0.2) is 102 Å². The molecule has 10 heteroatoms. The molecule has 1 aliphatic rings. The third-order valence-corrected chi connectivity index (χ3v) is 6.35. The number of hydrogen-bond acceptors (Lipinski definition) is 8. The normalized spacial score (nSPS) is 11.5. The molecule has 7 rings (SSSR count). The molecule has 1 aliphatic carbocycles. The smallest absolute Gasteiger partial charge is 0.240 e. The Bertz CT molecular complexity index is 1860. The van der Waals surface area contributed by atoms with Gasteiger partial charge in [0.2, 0.25) is 23.5 Å². The predicted octanol–water partition coefficient (Wildman–Crippen LogP) is 3.78. The van der Waals surface area contributed by atoms with E-state index < -0.39 is 11.6 Å². The minimum absolute atomic E-state index is 0.0926. The van der Waals surface area contributed by atoms with Crippen LogP contribution in [0.2, 0.25) is 0 Å². The highest BCUT2D eigenvalue weighted by Gasteiger charge is 2.29. The van der Waals surface area contributed by atoms with Gasteiger partial charge in [0.25, 0.3) is 0 Å². The van der Waals surface area contributed by atoms with E-state index in [-0.39, 0.29) is 11.9 Å². The summed E-state index contributed by atoms with van der Waals surface area (Å²) < 4.78 is 0. The van der Waals surface area contributed by atoms with Gasteiger partial charge in [-0.1, -0.05) is 97.1 Å². The van der Waals surface area contributed by atoms with Crippen LogP contribution in [0.3, 0.4) is 0 Å². The van der Waals surface area contributed by atoms with E-state index >= 15 is 0 Å². The summed E-state index contributed by atoms with van der Waals surface area (Å²) >= 11 is 0. The number of carbonyl (C=O) groups excluding carboxylic acids is 2. The Labute approximate surface area is 228 Å². The summed E-state index contributed by atoms with van der Waals surface area (Å²) in [6.45, 7) is 0. The summed E-state index contributed by atoms with van der Waals surface area (Å²) in [4.78, 5) is 28.0. The van der Waals surface area contributed by atoms with Gasteiger partial charge in [0.15, 0.2) is 0 Å². The van der Waals surface area contributed by atoms with Crippen molar-refractivity contribution in [2.24, 2.45) is 22.4 Å². The molecule has 0 spiro atoms. The molecule has 0 fully saturated rings. The molecule has 0 radical (unpaired) electrons. The number of nitrogens with zero attached hydrogens (tertiary/aromatic N) is 4. The van der Waals surface area contributed by atoms with Crippen LogP contribution in [0.4, 0.5) is 5.95 Å². The lowest BCUT2D eigenvalue weighted by Gasteiger charge is -2.16. The van der Waals surface area contributed by atoms with Crippen molar-refractivity contribution in [1.29, 1.82) is 0 Å². The van der Waals surface area contributed by atoms with Crippen molar-refractivity contribution in [2.75, 3.05) is 5.73 Å². The largest absolute Gasteiger partial charge is 0.369 e. The molecule has 196 valence electrons. The van der Waals surface area contributed by atoms with Crippen molar-refractivity contribution in [3.8, 4) is 11.1 Å². The number of rotatable bonds is 0. The first kappa shape index (κ1) is 25.7. The average Bonchev–Trinajstić information content (AvgIpc) is 3.00. The van der Waals surface area contributed by atoms with Crippen LogP contribution in [0.5, 0.6) is 0 Å². The highest BCUT2D eigenvalue weighted by molar-refractivity contribution is 6.52. The first-order chi connectivity index (χ1) is 19.4. The highest BCUT2D eigenvalue weighted by Crippen LogP contribution is 2.33. The van der Waals surface area contributed by atoms with Crippen molar-refractivity contribution in [1.82, 2.24) is 15.2 Å². The first-order valence-corrected chi connectivity index (χ1v) is 12.2. The predicted molar refractivity (Wildman–Crippen MR) is 157 cm³/mol. The van der Waals surface area contributed by atoms with Gasteiger partial charge >= 0.3 is 0 Å². The van der Waals surface area contributed by atoms with Crippen LogP contribution in [-0.2, 0) is 0 Å². The minimum atomic E-state index is -0.408. The van der Waals surface area contributed by atoms with Crippen LogP contribution >= 0.6 is 0 Å². The van der Waals surface area contributed by atoms with E-state index in [4.69, 9.17) is 17.2 Å². The molecule has 5 aromatic carbocycles. The minimum Gasteiger partial charge on any atom is -0.369 e. The fourth-order valence-electron chi connectivity index (χ4n) is 4.63. The van der Waals surface area contributed by atoms with E-state index in [1.54, 1.807) is 24.3 Å². The number of guanidine groups is 1. The van der Waals surface area contributed by atoms with Gasteiger partial charge in [-0.15, -0.1) is 15.3 Å². The Morgan fingerprint density at radius 1 is 0.550 bits per heavy atom. The van der Waals surface area contributed by atoms with Crippen molar-refractivity contribution >= 4 is 56.1 Å². The second-order valence-electron chi connectivity index (χ2n) is 8.76. The lowest BCUT2D eigenvalue weighted by Crippen LogP contribution is -2.23. The van der Waals surface area contributed by atoms with Gasteiger partial charge in [-0.2, -0.15) is 0 Å². The molecule has 0 bridgehead atoms. The van der Waals surface area contributed by atoms with E-state index in [0.29, 0.717) is 11.1 Å². The second kappa shape index (κ2) is 10.8. The van der Waals surface area contributed by atoms with Gasteiger partial charge in [-0.3, -0.25) is 9.59 Å². The van der Waals surface area contributed by atoms with Gasteiger partial charge in [0.1, 0.15) is 11.0 Å². The molecule has 8 N–H and O–H groups in total. The molecule has 0 atom stereocenters. The maximum Gasteiger partial charge on any atom is 0.240 e. The SMILES string of the molecule is NN=C(N)N.Nc1nnc2c3ccccc3c3ccccc3c2n1.O=C1C(=O)c2ccccc2-c2ccccc21. The summed E-state index contributed by atoms with van der Waals surface area (Å²) in [6, 6.07) is 30.8. The summed E-state index contributed by atoms with van der Waals surface area (Å²) in [5.41, 5.74) is 19.4. The number of nitrogen functional groups attached to an aromatic ring is 1. The third-order valence-electron chi connectivity index (χ3n) is 6.35. The molecule has 0 aliphatic heterocycles. The summed E-state index contributed by atoms with van der Waals surface area (Å²) in [6.07, 6.45) is 0. The van der Waals surface area contributed by atoms with Crippen LogP contribution < -0.4 is 23.0 Å². The molecule has 0 amide bonds. The molecule has 1 aromatic heterocycles. The fraction of sp³-hybridized carbons (Fsp3) is 0. The van der Waals surface area contributed by atoms with Gasteiger partial charge < -0.3 is 23.0 Å². The lowest BCUT2D eigenvalue weighted by molar-refractivity contribution is 0.0815. The van der Waals surface area contributed by atoms with Crippen molar-refractivity contribution in [3.63, 3.8) is 0 Å². The van der Waals surface area contributed by atoms with Crippen LogP contribution in [0, 0.1) is 0 Å². The quantitative estimate of drug-likeness (QED) is 0.0567. The zero-order valence-corrected chi connectivity index (χ0v) is 21.2. The lowest BCUT2D eigenvalue weighted by atomic mass is 9.84. The van der Waals surface area contributed by atoms with Gasteiger partial charge in [-0.05, 0) is 21.9 Å². The van der Waals surface area contributed by atoms with Gasteiger partial charge in [0.05, 0.1) is 0 Å². The molecule has 6 aromatic rings. The second-order valence-corrected chi connectivity index (χ2v) is 8.76. The van der Waals surface area contributed by atoms with E-state index in [1.165, 1.54) is 0 Å². The topological polar surface area (TPSA) is 189 Å². The number of carbonyl (C=O) groups is 2. The van der Waals surface area contributed by atoms with Crippen molar-refractivity contribution in [2.45, 2.75) is 0 Å². The van der Waals surface area contributed by atoms with E-state index in [1.807, 2.05) is 60.7 Å². The van der Waals surface area contributed by atoms with Crippen LogP contribution in [-0.4, -0.2) is 32.7 Å². The molecule has 40 heavy (non-hydrogen) atoms. The Balaban J connectivity index is 0.000000140.